The van der Waals surface area contributed by atoms with Gasteiger partial charge in [-0.1, -0.05) is 76.1 Å². The molecule has 0 saturated carbocycles. The van der Waals surface area contributed by atoms with Gasteiger partial charge in [-0.3, -0.25) is 0 Å². The van der Waals surface area contributed by atoms with Crippen LogP contribution in [0.25, 0.3) is 0 Å². The summed E-state index contributed by atoms with van der Waals surface area (Å²) in [6, 6.07) is 24.7. The minimum atomic E-state index is -3.61. The molecule has 0 aliphatic carbocycles. The van der Waals surface area contributed by atoms with Crippen molar-refractivity contribution >= 4 is 26.0 Å². The Morgan fingerprint density at radius 3 is 2.15 bits per heavy atom. The summed E-state index contributed by atoms with van der Waals surface area (Å²) < 4.78 is 28.9. The van der Waals surface area contributed by atoms with E-state index in [0.717, 1.165) is 21.2 Å². The van der Waals surface area contributed by atoms with Gasteiger partial charge in [0.05, 0.1) is 4.90 Å². The SMILES string of the molecule is Cc1ccc(S(=O)(=O)N2[C@@H](c3ccc(Br)cc3)N2Cc2ccccc2)cc1. The van der Waals surface area contributed by atoms with E-state index in [4.69, 9.17) is 0 Å². The zero-order valence-corrected chi connectivity index (χ0v) is 17.2. The number of sulfonamides is 1. The Hall–Kier alpha value is -1.99. The van der Waals surface area contributed by atoms with E-state index in [-0.39, 0.29) is 6.17 Å². The molecule has 1 saturated heterocycles. The van der Waals surface area contributed by atoms with Crippen LogP contribution in [0.15, 0.2) is 88.2 Å². The molecule has 1 heterocycles. The molecule has 0 amide bonds. The van der Waals surface area contributed by atoms with Crippen LogP contribution in [0.1, 0.15) is 22.9 Å². The highest BCUT2D eigenvalue weighted by molar-refractivity contribution is 9.10. The quantitative estimate of drug-likeness (QED) is 0.528. The first kappa shape index (κ1) is 18.4. The fourth-order valence-electron chi connectivity index (χ4n) is 3.14. The lowest BCUT2D eigenvalue weighted by atomic mass is 10.2. The number of hydrogen-bond donors (Lipinski definition) is 0. The Balaban J connectivity index is 1.69. The molecular weight excluding hydrogens is 424 g/mol. The molecule has 3 atom stereocenters. The predicted octanol–water partition coefficient (Wildman–Crippen LogP) is 4.88. The molecule has 0 spiro atoms. The van der Waals surface area contributed by atoms with Crippen molar-refractivity contribution in [2.75, 3.05) is 0 Å². The second kappa shape index (κ2) is 7.20. The molecule has 3 aromatic carbocycles. The van der Waals surface area contributed by atoms with Gasteiger partial charge in [0.1, 0.15) is 6.17 Å². The minimum absolute atomic E-state index is 0.301. The maximum Gasteiger partial charge on any atom is 0.257 e. The second-order valence-corrected chi connectivity index (χ2v) is 9.31. The Bertz CT molecular complexity index is 1040. The molecule has 138 valence electrons. The minimum Gasteiger partial charge on any atom is -0.206 e. The largest absolute Gasteiger partial charge is 0.257 e. The third kappa shape index (κ3) is 3.71. The summed E-state index contributed by atoms with van der Waals surface area (Å²) >= 11 is 3.44. The van der Waals surface area contributed by atoms with Gasteiger partial charge in [-0.15, -0.1) is 4.41 Å². The van der Waals surface area contributed by atoms with Gasteiger partial charge in [0.2, 0.25) is 0 Å². The summed E-state index contributed by atoms with van der Waals surface area (Å²) in [5, 5.41) is 1.88. The van der Waals surface area contributed by atoms with Crippen LogP contribution < -0.4 is 0 Å². The van der Waals surface area contributed by atoms with Gasteiger partial charge in [-0.25, -0.2) is 8.42 Å². The first-order valence-electron chi connectivity index (χ1n) is 8.64. The Labute approximate surface area is 168 Å². The van der Waals surface area contributed by atoms with E-state index in [9.17, 15) is 8.42 Å². The first-order chi connectivity index (χ1) is 13.0. The van der Waals surface area contributed by atoms with Crippen molar-refractivity contribution in [3.05, 3.63) is 100 Å². The normalized spacial score (nSPS) is 21.8. The van der Waals surface area contributed by atoms with Crippen molar-refractivity contribution in [2.45, 2.75) is 24.5 Å². The maximum atomic E-state index is 13.2. The zero-order valence-electron chi connectivity index (χ0n) is 14.8. The van der Waals surface area contributed by atoms with E-state index in [2.05, 4.69) is 15.9 Å². The topological polar surface area (TPSA) is 40.2 Å². The molecular formula is C21H19BrN2O2S. The van der Waals surface area contributed by atoms with Gasteiger partial charge >= 0.3 is 0 Å². The number of benzene rings is 3. The molecule has 27 heavy (non-hydrogen) atoms. The number of aryl methyl sites for hydroxylation is 1. The van der Waals surface area contributed by atoms with Crippen molar-refractivity contribution in [1.82, 2.24) is 9.42 Å². The van der Waals surface area contributed by atoms with E-state index in [1.807, 2.05) is 78.7 Å². The smallest absolute Gasteiger partial charge is 0.206 e. The van der Waals surface area contributed by atoms with Crippen LogP contribution in [0.3, 0.4) is 0 Å². The Morgan fingerprint density at radius 1 is 0.889 bits per heavy atom. The number of hydrazine groups is 1. The highest BCUT2D eigenvalue weighted by Crippen LogP contribution is 2.47. The van der Waals surface area contributed by atoms with Crippen LogP contribution in [0.5, 0.6) is 0 Å². The molecule has 0 aromatic heterocycles. The number of halogens is 1. The van der Waals surface area contributed by atoms with E-state index in [1.54, 1.807) is 12.1 Å². The Kier molecular flexibility index (Phi) is 4.90. The summed E-state index contributed by atoms with van der Waals surface area (Å²) in [7, 11) is -3.61. The molecule has 1 aliphatic rings. The van der Waals surface area contributed by atoms with Crippen molar-refractivity contribution < 1.29 is 8.42 Å². The van der Waals surface area contributed by atoms with E-state index in [0.29, 0.717) is 11.4 Å². The number of nitrogens with zero attached hydrogens (tertiary/aromatic N) is 2. The summed E-state index contributed by atoms with van der Waals surface area (Å²) in [4.78, 5) is 0.311. The lowest BCUT2D eigenvalue weighted by molar-refractivity contribution is 0.391. The van der Waals surface area contributed by atoms with Gasteiger partial charge in [0, 0.05) is 11.0 Å². The van der Waals surface area contributed by atoms with Gasteiger partial charge in [0.25, 0.3) is 10.0 Å². The molecule has 3 aromatic rings. The van der Waals surface area contributed by atoms with Crippen molar-refractivity contribution in [3.63, 3.8) is 0 Å². The lowest BCUT2D eigenvalue weighted by Crippen LogP contribution is -2.17. The maximum absolute atomic E-state index is 13.2. The third-order valence-corrected chi connectivity index (χ3v) is 6.91. The van der Waals surface area contributed by atoms with Crippen LogP contribution in [0.2, 0.25) is 0 Å². The average molecular weight is 443 g/mol. The molecule has 0 bridgehead atoms. The molecule has 1 fully saturated rings. The summed E-state index contributed by atoms with van der Waals surface area (Å²) in [6.45, 7) is 2.48. The van der Waals surface area contributed by atoms with E-state index < -0.39 is 10.0 Å². The first-order valence-corrected chi connectivity index (χ1v) is 10.9. The number of rotatable bonds is 5. The van der Waals surface area contributed by atoms with Gasteiger partial charge in [-0.2, -0.15) is 5.01 Å². The molecule has 2 unspecified atom stereocenters. The molecule has 6 heteroatoms. The monoisotopic (exact) mass is 442 g/mol. The summed E-state index contributed by atoms with van der Waals surface area (Å²) in [6.07, 6.45) is -0.301. The highest BCUT2D eigenvalue weighted by atomic mass is 79.9. The van der Waals surface area contributed by atoms with Crippen LogP contribution >= 0.6 is 15.9 Å². The lowest BCUT2D eigenvalue weighted by Gasteiger charge is -2.07. The number of hydrogen-bond acceptors (Lipinski definition) is 3. The molecule has 1 aliphatic heterocycles. The van der Waals surface area contributed by atoms with Crippen molar-refractivity contribution in [2.24, 2.45) is 0 Å². The van der Waals surface area contributed by atoms with Gasteiger partial charge in [-0.05, 0) is 42.3 Å². The summed E-state index contributed by atoms with van der Waals surface area (Å²) in [5.74, 6) is 0. The standard InChI is InChI=1S/C21H19BrN2O2S/c1-16-7-13-20(14-8-16)27(25,26)24-21(18-9-11-19(22)12-10-18)23(24)15-17-5-3-2-4-6-17/h2-14,21H,15H2,1H3/t21-,23?,24?/m0/s1. The Morgan fingerprint density at radius 2 is 1.52 bits per heavy atom. The predicted molar refractivity (Wildman–Crippen MR) is 109 cm³/mol. The fourth-order valence-corrected chi connectivity index (χ4v) is 4.97. The summed E-state index contributed by atoms with van der Waals surface area (Å²) in [5.41, 5.74) is 3.05. The molecule has 4 rings (SSSR count). The molecule has 0 radical (unpaired) electrons. The average Bonchev–Trinajstić information content (AvgIpc) is 3.38. The van der Waals surface area contributed by atoms with Crippen LogP contribution in [0.4, 0.5) is 0 Å². The van der Waals surface area contributed by atoms with E-state index >= 15 is 0 Å². The zero-order chi connectivity index (χ0) is 19.0. The molecule has 4 nitrogen and oxygen atoms in total. The second-order valence-electron chi connectivity index (χ2n) is 6.60. The van der Waals surface area contributed by atoms with Gasteiger partial charge < -0.3 is 0 Å². The van der Waals surface area contributed by atoms with Crippen LogP contribution in [-0.2, 0) is 16.6 Å². The van der Waals surface area contributed by atoms with Crippen molar-refractivity contribution in [1.29, 1.82) is 0 Å². The van der Waals surface area contributed by atoms with Crippen LogP contribution in [-0.4, -0.2) is 17.8 Å². The van der Waals surface area contributed by atoms with Crippen LogP contribution in [0, 0.1) is 6.92 Å². The third-order valence-electron chi connectivity index (χ3n) is 4.61. The fraction of sp³-hybridized carbons (Fsp3) is 0.143. The van der Waals surface area contributed by atoms with E-state index in [1.165, 1.54) is 4.41 Å². The van der Waals surface area contributed by atoms with Gasteiger partial charge in [0.15, 0.2) is 0 Å². The van der Waals surface area contributed by atoms with Crippen molar-refractivity contribution in [3.8, 4) is 0 Å². The molecule has 0 N–H and O–H groups in total. The highest BCUT2D eigenvalue weighted by Gasteiger charge is 2.54.